The van der Waals surface area contributed by atoms with Crippen LogP contribution in [0.3, 0.4) is 0 Å². The molecule has 0 radical (unpaired) electrons. The van der Waals surface area contributed by atoms with E-state index in [1.54, 1.807) is 24.3 Å². The minimum Gasteiger partial charge on any atom is -0.493 e. The number of methoxy groups -OCH3 is 2. The van der Waals surface area contributed by atoms with E-state index < -0.39 is 6.03 Å². The van der Waals surface area contributed by atoms with Gasteiger partial charge >= 0.3 is 6.03 Å². The Balaban J connectivity index is 1.98. The number of nitrogens with one attached hydrogen (secondary N) is 2. The third-order valence-corrected chi connectivity index (χ3v) is 5.04. The molecule has 2 amide bonds. The Kier molecular flexibility index (Phi) is 10.8. The largest absolute Gasteiger partial charge is 0.493 e. The lowest BCUT2D eigenvalue weighted by Crippen LogP contribution is -2.28. The summed E-state index contributed by atoms with van der Waals surface area (Å²) in [5, 5.41) is 7.77. The summed E-state index contributed by atoms with van der Waals surface area (Å²) >= 11 is 6.79. The molecule has 0 fully saturated rings. The molecule has 2 aromatic rings. The summed E-state index contributed by atoms with van der Waals surface area (Å²) in [6.07, 6.45) is 13.3. The summed E-state index contributed by atoms with van der Waals surface area (Å²) in [5.74, 6) is 6.63. The van der Waals surface area contributed by atoms with Gasteiger partial charge in [-0.3, -0.25) is 0 Å². The molecule has 0 heterocycles. The van der Waals surface area contributed by atoms with Crippen molar-refractivity contribution in [2.24, 2.45) is 10.2 Å². The van der Waals surface area contributed by atoms with Crippen LogP contribution in [0.5, 0.6) is 23.0 Å². The maximum atomic E-state index is 12.0. The quantitative estimate of drug-likeness (QED) is 0.248. The third kappa shape index (κ3) is 7.73. The van der Waals surface area contributed by atoms with Gasteiger partial charge in [0.15, 0.2) is 23.0 Å². The van der Waals surface area contributed by atoms with Crippen molar-refractivity contribution in [1.29, 1.82) is 0 Å². The molecule has 34 heavy (non-hydrogen) atoms. The van der Waals surface area contributed by atoms with E-state index in [1.807, 2.05) is 0 Å². The molecule has 0 aromatic heterocycles. The van der Waals surface area contributed by atoms with Crippen LogP contribution in [0.15, 0.2) is 43.4 Å². The maximum Gasteiger partial charge on any atom is 0.355 e. The van der Waals surface area contributed by atoms with Crippen LogP contribution in [0.4, 0.5) is 4.79 Å². The highest BCUT2D eigenvalue weighted by Gasteiger charge is 2.12. The molecule has 176 valence electrons. The van der Waals surface area contributed by atoms with Gasteiger partial charge in [-0.05, 0) is 67.3 Å². The molecule has 2 rings (SSSR count). The Labute approximate surface area is 214 Å². The number of benzene rings is 2. The Morgan fingerprint density at radius 2 is 1.29 bits per heavy atom. The van der Waals surface area contributed by atoms with Crippen molar-refractivity contribution >= 4 is 50.3 Å². The second kappa shape index (κ2) is 13.8. The second-order valence-electron chi connectivity index (χ2n) is 6.12. The van der Waals surface area contributed by atoms with Gasteiger partial charge in [-0.1, -0.05) is 11.8 Å². The van der Waals surface area contributed by atoms with Gasteiger partial charge in [0, 0.05) is 0 Å². The van der Waals surface area contributed by atoms with Crippen LogP contribution in [-0.2, 0) is 0 Å². The fourth-order valence-corrected chi connectivity index (χ4v) is 3.64. The normalized spacial score (nSPS) is 10.4. The molecule has 0 atom stereocenters. The average molecular weight is 592 g/mol. The summed E-state index contributed by atoms with van der Waals surface area (Å²) in [6.45, 7) is 0.191. The van der Waals surface area contributed by atoms with Crippen molar-refractivity contribution in [2.75, 3.05) is 27.4 Å². The van der Waals surface area contributed by atoms with Gasteiger partial charge in [0.2, 0.25) is 0 Å². The lowest BCUT2D eigenvalue weighted by atomic mass is 10.2. The van der Waals surface area contributed by atoms with Gasteiger partial charge in [0.1, 0.15) is 13.2 Å². The van der Waals surface area contributed by atoms with E-state index in [0.717, 1.165) is 0 Å². The van der Waals surface area contributed by atoms with Crippen LogP contribution in [0.25, 0.3) is 0 Å². The van der Waals surface area contributed by atoms with Crippen molar-refractivity contribution in [2.45, 2.75) is 0 Å². The zero-order valence-electron chi connectivity index (χ0n) is 18.2. The van der Waals surface area contributed by atoms with E-state index in [4.69, 9.17) is 31.8 Å². The molecule has 0 spiro atoms. The van der Waals surface area contributed by atoms with Crippen LogP contribution in [0, 0.1) is 24.7 Å². The summed E-state index contributed by atoms with van der Waals surface area (Å²) in [7, 11) is 3.00. The Morgan fingerprint density at radius 3 is 1.65 bits per heavy atom. The van der Waals surface area contributed by atoms with Crippen LogP contribution >= 0.6 is 31.9 Å². The van der Waals surface area contributed by atoms with Crippen molar-refractivity contribution in [3.8, 4) is 47.7 Å². The molecule has 0 bridgehead atoms. The van der Waals surface area contributed by atoms with Crippen LogP contribution in [0.1, 0.15) is 11.1 Å². The van der Waals surface area contributed by atoms with Crippen LogP contribution < -0.4 is 29.8 Å². The number of carbonyl (C=O) groups excluding carboxylic acids is 1. The van der Waals surface area contributed by atoms with Crippen molar-refractivity contribution in [3.05, 3.63) is 44.3 Å². The van der Waals surface area contributed by atoms with E-state index in [2.05, 4.69) is 64.8 Å². The minimum atomic E-state index is -0.646. The molecular weight excluding hydrogens is 572 g/mol. The molecule has 0 aliphatic carbocycles. The Morgan fingerprint density at radius 1 is 0.882 bits per heavy atom. The maximum absolute atomic E-state index is 12.0. The molecule has 0 saturated heterocycles. The first-order chi connectivity index (χ1) is 16.4. The first kappa shape index (κ1) is 26.6. The van der Waals surface area contributed by atoms with Crippen molar-refractivity contribution < 1.29 is 23.7 Å². The first-order valence-corrected chi connectivity index (χ1v) is 11.0. The van der Waals surface area contributed by atoms with Crippen molar-refractivity contribution in [3.63, 3.8) is 0 Å². The zero-order chi connectivity index (χ0) is 24.9. The minimum absolute atomic E-state index is 0.0953. The Hall–Kier alpha value is -3.67. The highest BCUT2D eigenvalue weighted by Crippen LogP contribution is 2.37. The van der Waals surface area contributed by atoms with Crippen LogP contribution in [0.2, 0.25) is 0 Å². The van der Waals surface area contributed by atoms with E-state index in [-0.39, 0.29) is 13.2 Å². The summed E-state index contributed by atoms with van der Waals surface area (Å²) in [5.41, 5.74) is 5.90. The van der Waals surface area contributed by atoms with E-state index in [1.165, 1.54) is 26.6 Å². The molecule has 0 saturated carbocycles. The predicted molar refractivity (Wildman–Crippen MR) is 137 cm³/mol. The highest BCUT2D eigenvalue weighted by molar-refractivity contribution is 9.11. The standard InChI is InChI=1S/C23H20Br2N4O5/c1-5-7-33-21-17(24)9-15(11-19(21)31-3)13-26-28-23(30)29-27-14-16-10-18(25)22(34-8-6-2)20(12-16)32-4/h1-2,9-14H,7-8H2,3-4H3,(H2,28,29,30)/b26-13-,27-14+. The van der Waals surface area contributed by atoms with E-state index in [0.29, 0.717) is 43.1 Å². The number of nitrogens with zero attached hydrogens (tertiary/aromatic N) is 2. The number of halogens is 2. The number of carbonyl (C=O) groups is 1. The molecule has 0 aliphatic heterocycles. The van der Waals surface area contributed by atoms with E-state index in [9.17, 15) is 4.79 Å². The zero-order valence-corrected chi connectivity index (χ0v) is 21.4. The predicted octanol–water partition coefficient (Wildman–Crippen LogP) is 3.92. The molecule has 2 N–H and O–H groups in total. The monoisotopic (exact) mass is 590 g/mol. The number of urea groups is 1. The molecular formula is C23H20Br2N4O5. The molecule has 2 aromatic carbocycles. The van der Waals surface area contributed by atoms with Gasteiger partial charge in [-0.15, -0.1) is 12.8 Å². The third-order valence-electron chi connectivity index (χ3n) is 3.86. The topological polar surface area (TPSA) is 103 Å². The summed E-state index contributed by atoms with van der Waals surface area (Å²) < 4.78 is 22.8. The number of hydrogen-bond acceptors (Lipinski definition) is 7. The first-order valence-electron chi connectivity index (χ1n) is 9.43. The smallest absolute Gasteiger partial charge is 0.355 e. The molecule has 0 unspecified atom stereocenters. The van der Waals surface area contributed by atoms with Gasteiger partial charge in [0.05, 0.1) is 35.6 Å². The van der Waals surface area contributed by atoms with Crippen LogP contribution in [-0.4, -0.2) is 45.9 Å². The van der Waals surface area contributed by atoms with Gasteiger partial charge in [-0.2, -0.15) is 10.2 Å². The fraction of sp³-hybridized carbons (Fsp3) is 0.174. The fourth-order valence-electron chi connectivity index (χ4n) is 2.49. The number of hydrogen-bond donors (Lipinski definition) is 2. The molecule has 9 nitrogen and oxygen atoms in total. The van der Waals surface area contributed by atoms with Gasteiger partial charge < -0.3 is 18.9 Å². The molecule has 11 heteroatoms. The lowest BCUT2D eigenvalue weighted by Gasteiger charge is -2.11. The van der Waals surface area contributed by atoms with Crippen molar-refractivity contribution in [1.82, 2.24) is 10.9 Å². The number of amides is 2. The number of hydrazone groups is 2. The van der Waals surface area contributed by atoms with E-state index >= 15 is 0 Å². The lowest BCUT2D eigenvalue weighted by molar-refractivity contribution is 0.242. The second-order valence-corrected chi connectivity index (χ2v) is 7.83. The number of ether oxygens (including phenoxy) is 4. The number of terminal acetylenes is 2. The summed E-state index contributed by atoms with van der Waals surface area (Å²) in [6, 6.07) is 6.18. The SMILES string of the molecule is C#CCOc1c(Br)cc(/C=N\NC(=O)N/N=C/c2cc(Br)c(OCC#C)c(OC)c2)cc1OC. The Bertz CT molecular complexity index is 1080. The molecule has 0 aliphatic rings. The highest BCUT2D eigenvalue weighted by atomic mass is 79.9. The average Bonchev–Trinajstić information content (AvgIpc) is 2.82. The summed E-state index contributed by atoms with van der Waals surface area (Å²) in [4.78, 5) is 12.0. The number of rotatable bonds is 10. The van der Waals surface area contributed by atoms with Gasteiger partial charge in [0.25, 0.3) is 0 Å². The van der Waals surface area contributed by atoms with Gasteiger partial charge in [-0.25, -0.2) is 15.6 Å².